The summed E-state index contributed by atoms with van der Waals surface area (Å²) in [6.07, 6.45) is 4.18. The molecule has 2 nitrogen and oxygen atoms in total. The molecule has 0 N–H and O–H groups in total. The molecule has 0 amide bonds. The molecule has 0 spiro atoms. The summed E-state index contributed by atoms with van der Waals surface area (Å²) in [5, 5.41) is 3.69. The van der Waals surface area contributed by atoms with Gasteiger partial charge in [0, 0.05) is 11.5 Å². The van der Waals surface area contributed by atoms with Crippen LogP contribution >= 0.6 is 11.6 Å². The van der Waals surface area contributed by atoms with Gasteiger partial charge in [-0.15, -0.1) is 11.6 Å². The van der Waals surface area contributed by atoms with Crippen molar-refractivity contribution in [2.24, 2.45) is 0 Å². The van der Waals surface area contributed by atoms with E-state index in [1.54, 1.807) is 6.20 Å². The van der Waals surface area contributed by atoms with Crippen LogP contribution in [0.4, 0.5) is 0 Å². The summed E-state index contributed by atoms with van der Waals surface area (Å²) in [7, 11) is 0. The van der Waals surface area contributed by atoms with Gasteiger partial charge in [0.2, 0.25) is 0 Å². The molecule has 0 aromatic carbocycles. The summed E-state index contributed by atoms with van der Waals surface area (Å²) < 4.78 is 5.04. The molecule has 1 aliphatic carbocycles. The second kappa shape index (κ2) is 2.27. The lowest BCUT2D eigenvalue weighted by Crippen LogP contribution is -1.80. The Bertz CT molecular complexity index is 229. The van der Waals surface area contributed by atoms with Gasteiger partial charge in [-0.1, -0.05) is 5.16 Å². The standard InChI is InChI=1S/C7H8ClNO/c8-3-6-4-9-10-7(6)5-1-2-5/h4-5H,1-3H2. The molecule has 0 atom stereocenters. The van der Waals surface area contributed by atoms with E-state index in [2.05, 4.69) is 5.16 Å². The third kappa shape index (κ3) is 0.926. The molecule has 0 radical (unpaired) electrons. The molecule has 2 rings (SSSR count). The van der Waals surface area contributed by atoms with Crippen LogP contribution in [0.25, 0.3) is 0 Å². The van der Waals surface area contributed by atoms with Gasteiger partial charge < -0.3 is 4.52 Å². The molecule has 1 aliphatic rings. The van der Waals surface area contributed by atoms with E-state index in [-0.39, 0.29) is 0 Å². The van der Waals surface area contributed by atoms with Gasteiger partial charge in [0.25, 0.3) is 0 Å². The maximum absolute atomic E-state index is 5.65. The highest BCUT2D eigenvalue weighted by Gasteiger charge is 2.29. The Hall–Kier alpha value is -0.500. The van der Waals surface area contributed by atoms with E-state index in [1.807, 2.05) is 0 Å². The van der Waals surface area contributed by atoms with E-state index >= 15 is 0 Å². The fourth-order valence-electron chi connectivity index (χ4n) is 1.05. The first-order chi connectivity index (χ1) is 4.92. The molecule has 1 aromatic rings. The van der Waals surface area contributed by atoms with E-state index in [9.17, 15) is 0 Å². The normalized spacial score (nSPS) is 17.7. The molecule has 1 fully saturated rings. The maximum atomic E-state index is 5.65. The smallest absolute Gasteiger partial charge is 0.144 e. The predicted molar refractivity (Wildman–Crippen MR) is 38.0 cm³/mol. The first kappa shape index (κ1) is 6.23. The number of rotatable bonds is 2. The average Bonchev–Trinajstić information content (AvgIpc) is 2.69. The van der Waals surface area contributed by atoms with Crippen LogP contribution in [0.5, 0.6) is 0 Å². The highest BCUT2D eigenvalue weighted by Crippen LogP contribution is 2.41. The van der Waals surface area contributed by atoms with Crippen LogP contribution in [-0.2, 0) is 5.88 Å². The van der Waals surface area contributed by atoms with Crippen molar-refractivity contribution in [1.82, 2.24) is 5.16 Å². The lowest BCUT2D eigenvalue weighted by molar-refractivity contribution is 0.383. The number of halogens is 1. The van der Waals surface area contributed by atoms with Crippen molar-refractivity contribution in [3.63, 3.8) is 0 Å². The minimum Gasteiger partial charge on any atom is -0.361 e. The van der Waals surface area contributed by atoms with Gasteiger partial charge in [-0.2, -0.15) is 0 Å². The minimum absolute atomic E-state index is 0.523. The van der Waals surface area contributed by atoms with Crippen LogP contribution in [0.1, 0.15) is 30.1 Å². The largest absolute Gasteiger partial charge is 0.361 e. The minimum atomic E-state index is 0.523. The van der Waals surface area contributed by atoms with Crippen molar-refractivity contribution < 1.29 is 4.52 Å². The first-order valence-electron chi connectivity index (χ1n) is 3.41. The molecule has 0 aliphatic heterocycles. The van der Waals surface area contributed by atoms with Crippen LogP contribution < -0.4 is 0 Å². The van der Waals surface area contributed by atoms with Crippen LogP contribution in [0.15, 0.2) is 10.7 Å². The molecule has 0 unspecified atom stereocenters. The third-order valence-electron chi connectivity index (χ3n) is 1.77. The van der Waals surface area contributed by atoms with Crippen LogP contribution in [-0.4, -0.2) is 5.16 Å². The first-order valence-corrected chi connectivity index (χ1v) is 3.94. The van der Waals surface area contributed by atoms with E-state index in [0.717, 1.165) is 11.3 Å². The zero-order valence-corrected chi connectivity index (χ0v) is 6.27. The van der Waals surface area contributed by atoms with Gasteiger partial charge in [-0.25, -0.2) is 0 Å². The predicted octanol–water partition coefficient (Wildman–Crippen LogP) is 2.29. The molecule has 0 saturated heterocycles. The van der Waals surface area contributed by atoms with Gasteiger partial charge in [-0.3, -0.25) is 0 Å². The van der Waals surface area contributed by atoms with Crippen molar-refractivity contribution in [2.45, 2.75) is 24.6 Å². The highest BCUT2D eigenvalue weighted by molar-refractivity contribution is 6.17. The summed E-state index contributed by atoms with van der Waals surface area (Å²) >= 11 is 5.65. The molecule has 3 heteroatoms. The van der Waals surface area contributed by atoms with Crippen LogP contribution in [0, 0.1) is 0 Å². The van der Waals surface area contributed by atoms with E-state index in [4.69, 9.17) is 16.1 Å². The molecular formula is C7H8ClNO. The lowest BCUT2D eigenvalue weighted by Gasteiger charge is -1.90. The summed E-state index contributed by atoms with van der Waals surface area (Å²) in [6.45, 7) is 0. The topological polar surface area (TPSA) is 26.0 Å². The van der Waals surface area contributed by atoms with Gasteiger partial charge >= 0.3 is 0 Å². The Morgan fingerprint density at radius 3 is 3.10 bits per heavy atom. The Kier molecular flexibility index (Phi) is 1.42. The Labute approximate surface area is 64.2 Å². The number of nitrogens with zero attached hydrogens (tertiary/aromatic N) is 1. The van der Waals surface area contributed by atoms with Crippen molar-refractivity contribution in [2.75, 3.05) is 0 Å². The monoisotopic (exact) mass is 157 g/mol. The van der Waals surface area contributed by atoms with Crippen molar-refractivity contribution in [1.29, 1.82) is 0 Å². The zero-order chi connectivity index (χ0) is 6.97. The van der Waals surface area contributed by atoms with Crippen molar-refractivity contribution in [3.8, 4) is 0 Å². The molecule has 0 bridgehead atoms. The molecular weight excluding hydrogens is 150 g/mol. The summed E-state index contributed by atoms with van der Waals surface area (Å²) in [6, 6.07) is 0. The highest BCUT2D eigenvalue weighted by atomic mass is 35.5. The second-order valence-corrected chi connectivity index (χ2v) is 2.89. The van der Waals surface area contributed by atoms with Gasteiger partial charge in [0.1, 0.15) is 5.76 Å². The SMILES string of the molecule is ClCc1cnoc1C1CC1. The van der Waals surface area contributed by atoms with Gasteiger partial charge in [0.05, 0.1) is 12.1 Å². The molecule has 1 aromatic heterocycles. The molecule has 1 saturated carbocycles. The number of aromatic nitrogens is 1. The zero-order valence-electron chi connectivity index (χ0n) is 5.51. The molecule has 10 heavy (non-hydrogen) atoms. The Morgan fingerprint density at radius 1 is 1.70 bits per heavy atom. The van der Waals surface area contributed by atoms with Crippen molar-refractivity contribution >= 4 is 11.6 Å². The van der Waals surface area contributed by atoms with E-state index in [0.29, 0.717) is 11.8 Å². The lowest BCUT2D eigenvalue weighted by atomic mass is 10.2. The third-order valence-corrected chi connectivity index (χ3v) is 2.06. The maximum Gasteiger partial charge on any atom is 0.144 e. The second-order valence-electron chi connectivity index (χ2n) is 2.62. The van der Waals surface area contributed by atoms with Crippen molar-refractivity contribution in [3.05, 3.63) is 17.5 Å². The Balaban J connectivity index is 2.28. The fourth-order valence-corrected chi connectivity index (χ4v) is 1.25. The summed E-state index contributed by atoms with van der Waals surface area (Å²) in [4.78, 5) is 0. The average molecular weight is 158 g/mol. The number of hydrogen-bond donors (Lipinski definition) is 0. The number of hydrogen-bond acceptors (Lipinski definition) is 2. The molecule has 1 heterocycles. The summed E-state index contributed by atoms with van der Waals surface area (Å²) in [5.41, 5.74) is 1.06. The van der Waals surface area contributed by atoms with Crippen LogP contribution in [0.3, 0.4) is 0 Å². The quantitative estimate of drug-likeness (QED) is 0.616. The molecule has 54 valence electrons. The van der Waals surface area contributed by atoms with Gasteiger partial charge in [0.15, 0.2) is 0 Å². The number of alkyl halides is 1. The van der Waals surface area contributed by atoms with E-state index < -0.39 is 0 Å². The summed E-state index contributed by atoms with van der Waals surface area (Å²) in [5.74, 6) is 2.15. The fraction of sp³-hybridized carbons (Fsp3) is 0.571. The van der Waals surface area contributed by atoms with E-state index in [1.165, 1.54) is 12.8 Å². The van der Waals surface area contributed by atoms with Crippen LogP contribution in [0.2, 0.25) is 0 Å². The van der Waals surface area contributed by atoms with Gasteiger partial charge in [-0.05, 0) is 12.8 Å². The Morgan fingerprint density at radius 2 is 2.50 bits per heavy atom.